The molecule has 0 radical (unpaired) electrons. The van der Waals surface area contributed by atoms with Crippen LogP contribution in [-0.4, -0.2) is 21.1 Å². The first-order chi connectivity index (χ1) is 8.31. The van der Waals surface area contributed by atoms with Crippen molar-refractivity contribution in [3.8, 4) is 5.82 Å². The van der Waals surface area contributed by atoms with E-state index in [1.807, 2.05) is 35.9 Å². The number of hydrogen-bond donors (Lipinski definition) is 1. The van der Waals surface area contributed by atoms with Gasteiger partial charge in [0.15, 0.2) is 0 Å². The van der Waals surface area contributed by atoms with Gasteiger partial charge in [-0.3, -0.25) is 4.57 Å². The van der Waals surface area contributed by atoms with Crippen LogP contribution in [0.25, 0.3) is 5.82 Å². The Labute approximate surface area is 102 Å². The van der Waals surface area contributed by atoms with Crippen LogP contribution in [0.1, 0.15) is 24.9 Å². The van der Waals surface area contributed by atoms with E-state index in [1.165, 1.54) is 0 Å². The minimum atomic E-state index is 0.815. The maximum absolute atomic E-state index is 4.61. The topological polar surface area (TPSA) is 42.7 Å². The summed E-state index contributed by atoms with van der Waals surface area (Å²) in [6, 6.07) is 6.07. The van der Waals surface area contributed by atoms with Gasteiger partial charge in [0, 0.05) is 18.9 Å². The van der Waals surface area contributed by atoms with Crippen molar-refractivity contribution < 1.29 is 0 Å². The van der Waals surface area contributed by atoms with Gasteiger partial charge in [-0.15, -0.1) is 0 Å². The van der Waals surface area contributed by atoms with E-state index in [2.05, 4.69) is 22.2 Å². The minimum Gasteiger partial charge on any atom is -0.311 e. The Balaban J connectivity index is 2.14. The number of aryl methyl sites for hydroxylation is 1. The average Bonchev–Trinajstić information content (AvgIpc) is 2.76. The van der Waals surface area contributed by atoms with Crippen LogP contribution in [0, 0.1) is 6.92 Å². The van der Waals surface area contributed by atoms with Crippen molar-refractivity contribution in [2.75, 3.05) is 6.54 Å². The number of imidazole rings is 1. The molecular formula is C13H18N4. The SMILES string of the molecule is CCCNCc1cccc(-n2ccnc2C)n1. The second-order valence-corrected chi connectivity index (χ2v) is 4.01. The summed E-state index contributed by atoms with van der Waals surface area (Å²) in [5, 5.41) is 3.35. The summed E-state index contributed by atoms with van der Waals surface area (Å²) in [6.07, 6.45) is 4.86. The van der Waals surface area contributed by atoms with Crippen LogP contribution in [0.4, 0.5) is 0 Å². The molecule has 0 saturated heterocycles. The van der Waals surface area contributed by atoms with Gasteiger partial charge >= 0.3 is 0 Å². The van der Waals surface area contributed by atoms with Gasteiger partial charge in [0.05, 0.1) is 5.69 Å². The second-order valence-electron chi connectivity index (χ2n) is 4.01. The third-order valence-corrected chi connectivity index (χ3v) is 2.60. The van der Waals surface area contributed by atoms with Crippen molar-refractivity contribution in [2.24, 2.45) is 0 Å². The molecule has 2 aromatic rings. The summed E-state index contributed by atoms with van der Waals surface area (Å²) in [5.74, 6) is 1.88. The largest absolute Gasteiger partial charge is 0.311 e. The second kappa shape index (κ2) is 5.59. The van der Waals surface area contributed by atoms with E-state index in [-0.39, 0.29) is 0 Å². The maximum atomic E-state index is 4.61. The highest BCUT2D eigenvalue weighted by atomic mass is 15.1. The van der Waals surface area contributed by atoms with Crippen molar-refractivity contribution in [1.29, 1.82) is 0 Å². The van der Waals surface area contributed by atoms with E-state index >= 15 is 0 Å². The summed E-state index contributed by atoms with van der Waals surface area (Å²) in [4.78, 5) is 8.81. The molecule has 0 bridgehead atoms. The van der Waals surface area contributed by atoms with Crippen LogP contribution in [0.2, 0.25) is 0 Å². The van der Waals surface area contributed by atoms with Gasteiger partial charge in [-0.1, -0.05) is 13.0 Å². The number of aromatic nitrogens is 3. The molecule has 0 amide bonds. The molecule has 2 heterocycles. The first-order valence-corrected chi connectivity index (χ1v) is 5.98. The van der Waals surface area contributed by atoms with E-state index in [1.54, 1.807) is 6.20 Å². The normalized spacial score (nSPS) is 10.7. The highest BCUT2D eigenvalue weighted by Gasteiger charge is 2.02. The lowest BCUT2D eigenvalue weighted by Gasteiger charge is -2.07. The van der Waals surface area contributed by atoms with E-state index in [4.69, 9.17) is 0 Å². The Bertz CT molecular complexity index is 476. The fourth-order valence-corrected chi connectivity index (χ4v) is 1.71. The van der Waals surface area contributed by atoms with Gasteiger partial charge in [0.2, 0.25) is 0 Å². The molecule has 2 aromatic heterocycles. The molecule has 0 aromatic carbocycles. The van der Waals surface area contributed by atoms with E-state index in [9.17, 15) is 0 Å². The molecule has 4 heteroatoms. The number of nitrogens with one attached hydrogen (secondary N) is 1. The number of pyridine rings is 1. The molecule has 0 fully saturated rings. The Hall–Kier alpha value is -1.68. The van der Waals surface area contributed by atoms with Crippen LogP contribution in [0.15, 0.2) is 30.6 Å². The van der Waals surface area contributed by atoms with Crippen LogP contribution >= 0.6 is 0 Å². The molecule has 1 N–H and O–H groups in total. The van der Waals surface area contributed by atoms with E-state index in [0.717, 1.165) is 36.8 Å². The van der Waals surface area contributed by atoms with Crippen LogP contribution in [0.5, 0.6) is 0 Å². The van der Waals surface area contributed by atoms with Crippen LogP contribution in [0.3, 0.4) is 0 Å². The van der Waals surface area contributed by atoms with Gasteiger partial charge < -0.3 is 5.32 Å². The zero-order valence-corrected chi connectivity index (χ0v) is 10.3. The van der Waals surface area contributed by atoms with E-state index in [0.29, 0.717) is 0 Å². The zero-order chi connectivity index (χ0) is 12.1. The molecule has 0 unspecified atom stereocenters. The van der Waals surface area contributed by atoms with Crippen molar-refractivity contribution in [3.05, 3.63) is 42.1 Å². The molecule has 0 aliphatic rings. The molecule has 0 saturated carbocycles. The predicted molar refractivity (Wildman–Crippen MR) is 68.1 cm³/mol. The Morgan fingerprint density at radius 1 is 1.35 bits per heavy atom. The average molecular weight is 230 g/mol. The lowest BCUT2D eigenvalue weighted by molar-refractivity contribution is 0.662. The third-order valence-electron chi connectivity index (χ3n) is 2.60. The lowest BCUT2D eigenvalue weighted by Crippen LogP contribution is -2.15. The fraction of sp³-hybridized carbons (Fsp3) is 0.385. The summed E-state index contributed by atoms with van der Waals surface area (Å²) in [6.45, 7) is 5.97. The van der Waals surface area contributed by atoms with Gasteiger partial charge in [-0.05, 0) is 32.0 Å². The highest BCUT2D eigenvalue weighted by Crippen LogP contribution is 2.08. The molecule has 0 spiro atoms. The molecule has 0 aliphatic carbocycles. The Morgan fingerprint density at radius 2 is 2.24 bits per heavy atom. The smallest absolute Gasteiger partial charge is 0.138 e. The lowest BCUT2D eigenvalue weighted by atomic mass is 10.3. The van der Waals surface area contributed by atoms with Crippen molar-refractivity contribution in [1.82, 2.24) is 19.9 Å². The molecule has 17 heavy (non-hydrogen) atoms. The fourth-order valence-electron chi connectivity index (χ4n) is 1.71. The molecule has 0 aliphatic heterocycles. The number of hydrogen-bond acceptors (Lipinski definition) is 3. The summed E-state index contributed by atoms with van der Waals surface area (Å²) < 4.78 is 1.99. The van der Waals surface area contributed by atoms with E-state index < -0.39 is 0 Å². The highest BCUT2D eigenvalue weighted by molar-refractivity contribution is 5.26. The van der Waals surface area contributed by atoms with Gasteiger partial charge in [0.1, 0.15) is 11.6 Å². The molecule has 0 atom stereocenters. The van der Waals surface area contributed by atoms with Crippen molar-refractivity contribution in [3.63, 3.8) is 0 Å². The maximum Gasteiger partial charge on any atom is 0.138 e. The van der Waals surface area contributed by atoms with Gasteiger partial charge in [-0.2, -0.15) is 0 Å². The first-order valence-electron chi connectivity index (χ1n) is 5.98. The van der Waals surface area contributed by atoms with Gasteiger partial charge in [-0.25, -0.2) is 9.97 Å². The molecular weight excluding hydrogens is 212 g/mol. The van der Waals surface area contributed by atoms with Crippen molar-refractivity contribution in [2.45, 2.75) is 26.8 Å². The summed E-state index contributed by atoms with van der Waals surface area (Å²) in [7, 11) is 0. The quantitative estimate of drug-likeness (QED) is 0.800. The molecule has 2 rings (SSSR count). The minimum absolute atomic E-state index is 0.815. The van der Waals surface area contributed by atoms with Gasteiger partial charge in [0.25, 0.3) is 0 Å². The molecule has 90 valence electrons. The van der Waals surface area contributed by atoms with Crippen molar-refractivity contribution >= 4 is 0 Å². The number of nitrogens with zero attached hydrogens (tertiary/aromatic N) is 3. The monoisotopic (exact) mass is 230 g/mol. The zero-order valence-electron chi connectivity index (χ0n) is 10.3. The molecule has 4 nitrogen and oxygen atoms in total. The van der Waals surface area contributed by atoms with Crippen LogP contribution in [-0.2, 0) is 6.54 Å². The first kappa shape index (κ1) is 11.8. The standard InChI is InChI=1S/C13H18N4/c1-3-7-14-10-12-5-4-6-13(16-12)17-9-8-15-11(17)2/h4-6,8-9,14H,3,7,10H2,1-2H3. The third kappa shape index (κ3) is 2.91. The Kier molecular flexibility index (Phi) is 3.88. The summed E-state index contributed by atoms with van der Waals surface area (Å²) in [5.41, 5.74) is 1.06. The Morgan fingerprint density at radius 3 is 2.94 bits per heavy atom. The predicted octanol–water partition coefficient (Wildman–Crippen LogP) is 2.08. The number of rotatable bonds is 5. The summed E-state index contributed by atoms with van der Waals surface area (Å²) >= 11 is 0. The van der Waals surface area contributed by atoms with Crippen LogP contribution < -0.4 is 5.32 Å².